The topological polar surface area (TPSA) is 90.0 Å². The summed E-state index contributed by atoms with van der Waals surface area (Å²) >= 11 is 0. The quantitative estimate of drug-likeness (QED) is 0.304. The second kappa shape index (κ2) is 11.9. The normalized spacial score (nSPS) is 13.1. The molecule has 0 bridgehead atoms. The molecule has 0 unspecified atom stereocenters. The molecule has 1 fully saturated rings. The van der Waals surface area contributed by atoms with E-state index in [1.54, 1.807) is 18.2 Å². The summed E-state index contributed by atoms with van der Waals surface area (Å²) < 4.78 is 10.8. The van der Waals surface area contributed by atoms with E-state index in [2.05, 4.69) is 0 Å². The fourth-order valence-corrected chi connectivity index (χ4v) is 4.02. The maximum Gasteiger partial charge on any atom is 0.338 e. The number of esters is 2. The van der Waals surface area contributed by atoms with Gasteiger partial charge < -0.3 is 9.47 Å². The van der Waals surface area contributed by atoms with Crippen molar-refractivity contribution in [3.8, 4) is 0 Å². The second-order valence-corrected chi connectivity index (χ2v) is 8.53. The van der Waals surface area contributed by atoms with E-state index >= 15 is 0 Å². The summed E-state index contributed by atoms with van der Waals surface area (Å²) in [5.41, 5.74) is 3.13. The van der Waals surface area contributed by atoms with Gasteiger partial charge in [0.05, 0.1) is 11.3 Å². The van der Waals surface area contributed by atoms with Gasteiger partial charge in [0.25, 0.3) is 0 Å². The molecule has 0 aromatic heterocycles. The predicted octanol–water partition coefficient (Wildman–Crippen LogP) is 4.76. The van der Waals surface area contributed by atoms with Crippen LogP contribution >= 0.6 is 0 Å². The Morgan fingerprint density at radius 2 is 1.33 bits per heavy atom. The lowest BCUT2D eigenvalue weighted by atomic mass is 10.0. The number of amides is 2. The molecule has 0 radical (unpaired) electrons. The Kier molecular flexibility index (Phi) is 8.24. The largest absolute Gasteiger partial charge is 0.461 e. The Morgan fingerprint density at radius 3 is 1.94 bits per heavy atom. The third-order valence-corrected chi connectivity index (χ3v) is 5.90. The number of imide groups is 1. The maximum absolute atomic E-state index is 12.9. The minimum absolute atomic E-state index is 0.121. The molecule has 0 atom stereocenters. The molecule has 0 aliphatic carbocycles. The van der Waals surface area contributed by atoms with Crippen molar-refractivity contribution in [2.24, 2.45) is 0 Å². The summed E-state index contributed by atoms with van der Waals surface area (Å²) in [5.74, 6) is -1.39. The van der Waals surface area contributed by atoms with Gasteiger partial charge in [0.1, 0.15) is 13.2 Å². The summed E-state index contributed by atoms with van der Waals surface area (Å²) in [6.45, 7) is 0.321. The number of rotatable bonds is 10. The number of carbonyl (C=O) groups excluding carboxylic acids is 4. The monoisotopic (exact) mass is 485 g/mol. The number of hydrogen-bond acceptors (Lipinski definition) is 6. The van der Waals surface area contributed by atoms with Crippen LogP contribution in [-0.2, 0) is 43.5 Å². The number of benzene rings is 3. The van der Waals surface area contributed by atoms with Gasteiger partial charge >= 0.3 is 11.9 Å². The fraction of sp³-hybridized carbons (Fsp3) is 0.241. The van der Waals surface area contributed by atoms with Gasteiger partial charge in [-0.25, -0.2) is 4.79 Å². The van der Waals surface area contributed by atoms with Gasteiger partial charge in [0, 0.05) is 19.3 Å². The van der Waals surface area contributed by atoms with E-state index < -0.39 is 5.97 Å². The first kappa shape index (κ1) is 24.9. The molecule has 3 aromatic rings. The van der Waals surface area contributed by atoms with Crippen LogP contribution in [0.5, 0.6) is 0 Å². The Hall–Kier alpha value is -4.26. The summed E-state index contributed by atoms with van der Waals surface area (Å²) in [7, 11) is 0. The number of hydrogen-bond donors (Lipinski definition) is 0. The van der Waals surface area contributed by atoms with Crippen LogP contribution in [0.15, 0.2) is 78.9 Å². The van der Waals surface area contributed by atoms with E-state index in [0.29, 0.717) is 29.7 Å². The van der Waals surface area contributed by atoms with Crippen LogP contribution in [0.1, 0.15) is 52.7 Å². The van der Waals surface area contributed by atoms with Crippen molar-refractivity contribution in [2.45, 2.75) is 45.3 Å². The van der Waals surface area contributed by atoms with Crippen LogP contribution in [0.3, 0.4) is 0 Å². The van der Waals surface area contributed by atoms with Gasteiger partial charge in [0.2, 0.25) is 11.8 Å². The lowest BCUT2D eigenvalue weighted by Crippen LogP contribution is -2.28. The number of nitrogens with zero attached hydrogens (tertiary/aromatic N) is 1. The third kappa shape index (κ3) is 6.44. The predicted molar refractivity (Wildman–Crippen MR) is 133 cm³/mol. The van der Waals surface area contributed by atoms with Crippen LogP contribution in [0.2, 0.25) is 0 Å². The van der Waals surface area contributed by atoms with E-state index in [0.717, 1.165) is 16.0 Å². The van der Waals surface area contributed by atoms with Crippen molar-refractivity contribution in [1.29, 1.82) is 0 Å². The van der Waals surface area contributed by atoms with Gasteiger partial charge in [-0.3, -0.25) is 19.3 Å². The molecule has 1 saturated heterocycles. The Balaban J connectivity index is 1.43. The zero-order valence-corrected chi connectivity index (χ0v) is 19.9. The summed E-state index contributed by atoms with van der Waals surface area (Å²) in [4.78, 5) is 50.7. The third-order valence-electron chi connectivity index (χ3n) is 5.90. The van der Waals surface area contributed by atoms with Crippen LogP contribution in [-0.4, -0.2) is 23.8 Å². The molecule has 184 valence electrons. The van der Waals surface area contributed by atoms with Crippen molar-refractivity contribution in [1.82, 2.24) is 0 Å². The van der Waals surface area contributed by atoms with Gasteiger partial charge in [-0.05, 0) is 47.7 Å². The summed E-state index contributed by atoms with van der Waals surface area (Å²) in [6.07, 6.45) is 1.31. The lowest BCUT2D eigenvalue weighted by molar-refractivity contribution is -0.145. The Bertz CT molecular complexity index is 1220. The minimum Gasteiger partial charge on any atom is -0.461 e. The van der Waals surface area contributed by atoms with Crippen molar-refractivity contribution < 1.29 is 28.7 Å². The highest BCUT2D eigenvalue weighted by Gasteiger charge is 2.31. The van der Waals surface area contributed by atoms with E-state index in [1.165, 1.54) is 0 Å². The summed E-state index contributed by atoms with van der Waals surface area (Å²) in [6, 6.07) is 23.6. The first-order valence-corrected chi connectivity index (χ1v) is 11.9. The minimum atomic E-state index is -0.508. The first-order valence-electron chi connectivity index (χ1n) is 11.9. The summed E-state index contributed by atoms with van der Waals surface area (Å²) in [5, 5.41) is 0. The molecular formula is C29H27NO6. The van der Waals surface area contributed by atoms with Gasteiger partial charge in [0.15, 0.2) is 0 Å². The van der Waals surface area contributed by atoms with Crippen molar-refractivity contribution in [3.05, 3.63) is 101 Å². The van der Waals surface area contributed by atoms with E-state index in [4.69, 9.17) is 9.47 Å². The van der Waals surface area contributed by atoms with Gasteiger partial charge in [-0.15, -0.1) is 0 Å². The van der Waals surface area contributed by atoms with Crippen LogP contribution in [0, 0.1) is 0 Å². The molecule has 1 heterocycles. The van der Waals surface area contributed by atoms with Crippen molar-refractivity contribution in [2.75, 3.05) is 4.90 Å². The molecule has 0 N–H and O–H groups in total. The molecule has 4 rings (SSSR count). The Morgan fingerprint density at radius 1 is 0.750 bits per heavy atom. The number of anilines is 1. The zero-order valence-electron chi connectivity index (χ0n) is 19.9. The number of aryl methyl sites for hydroxylation is 1. The average Bonchev–Trinajstić information content (AvgIpc) is 3.24. The number of carbonyl (C=O) groups is 4. The molecule has 0 spiro atoms. The van der Waals surface area contributed by atoms with Gasteiger partial charge in [-0.2, -0.15) is 0 Å². The van der Waals surface area contributed by atoms with E-state index in [9.17, 15) is 19.2 Å². The van der Waals surface area contributed by atoms with Crippen LogP contribution in [0.4, 0.5) is 5.69 Å². The highest BCUT2D eigenvalue weighted by atomic mass is 16.5. The zero-order chi connectivity index (χ0) is 25.3. The van der Waals surface area contributed by atoms with Crippen LogP contribution in [0.25, 0.3) is 0 Å². The second-order valence-electron chi connectivity index (χ2n) is 8.53. The van der Waals surface area contributed by atoms with Crippen LogP contribution < -0.4 is 4.90 Å². The lowest BCUT2D eigenvalue weighted by Gasteiger charge is -2.17. The van der Waals surface area contributed by atoms with E-state index in [1.807, 2.05) is 60.7 Å². The van der Waals surface area contributed by atoms with Crippen molar-refractivity contribution in [3.63, 3.8) is 0 Å². The molecule has 1 aliphatic heterocycles. The number of ether oxygens (including phenoxy) is 2. The molecule has 2 amide bonds. The molecule has 3 aromatic carbocycles. The molecule has 0 saturated carbocycles. The average molecular weight is 486 g/mol. The smallest absolute Gasteiger partial charge is 0.338 e. The molecule has 7 nitrogen and oxygen atoms in total. The highest BCUT2D eigenvalue weighted by molar-refractivity contribution is 6.20. The molecular weight excluding hydrogens is 458 g/mol. The van der Waals surface area contributed by atoms with Crippen molar-refractivity contribution >= 4 is 29.4 Å². The Labute approximate surface area is 209 Å². The molecule has 36 heavy (non-hydrogen) atoms. The first-order chi connectivity index (χ1) is 17.5. The molecule has 1 aliphatic rings. The molecule has 7 heteroatoms. The SMILES string of the molecule is O=C(CCCc1cc(N2C(=O)CCC2=O)ccc1C(=O)OCc1ccccc1)OCc1ccccc1. The fourth-order valence-electron chi connectivity index (χ4n) is 4.02. The maximum atomic E-state index is 12.9. The van der Waals surface area contributed by atoms with Gasteiger partial charge in [-0.1, -0.05) is 60.7 Å². The standard InChI is InChI=1S/C29H27NO6/c31-26-16-17-27(32)30(26)24-14-15-25(29(34)36-20-22-10-5-2-6-11-22)23(18-24)12-7-13-28(33)35-19-21-8-3-1-4-9-21/h1-6,8-11,14-15,18H,7,12-13,16-17,19-20H2. The highest BCUT2D eigenvalue weighted by Crippen LogP contribution is 2.27. The van der Waals surface area contributed by atoms with E-state index in [-0.39, 0.29) is 50.3 Å².